The third-order valence-electron chi connectivity index (χ3n) is 3.02. The average molecular weight is 406 g/mol. The van der Waals surface area contributed by atoms with Crippen molar-refractivity contribution in [2.75, 3.05) is 19.0 Å². The summed E-state index contributed by atoms with van der Waals surface area (Å²) in [6.45, 7) is 1.11. The van der Waals surface area contributed by atoms with E-state index in [2.05, 4.69) is 10.8 Å². The molecule has 3 nitrogen and oxygen atoms in total. The second kappa shape index (κ2) is 10.9. The first-order valence-electron chi connectivity index (χ1n) is 7.01. The molecule has 0 N–H and O–H groups in total. The normalized spacial score (nSPS) is 21.0. The summed E-state index contributed by atoms with van der Waals surface area (Å²) in [4.78, 5) is 0. The molecule has 0 aliphatic heterocycles. The molecule has 0 fully saturated rings. The van der Waals surface area contributed by atoms with Gasteiger partial charge in [0.2, 0.25) is 0 Å². The van der Waals surface area contributed by atoms with E-state index >= 15 is 0 Å². The third kappa shape index (κ3) is 7.89. The molecule has 0 amide bonds. The summed E-state index contributed by atoms with van der Waals surface area (Å²) in [7, 11) is -4.65. The molecule has 12 heteroatoms. The zero-order valence-corrected chi connectivity index (χ0v) is 13.6. The van der Waals surface area contributed by atoms with E-state index in [4.69, 9.17) is 0 Å². The Morgan fingerprint density at radius 1 is 0.840 bits per heavy atom. The third-order valence-corrected chi connectivity index (χ3v) is 4.24. The van der Waals surface area contributed by atoms with Gasteiger partial charge in [0.25, 0.3) is 10.1 Å². The van der Waals surface area contributed by atoms with Gasteiger partial charge in [0, 0.05) is 6.42 Å². The highest BCUT2D eigenvalue weighted by atomic mass is 32.2. The lowest BCUT2D eigenvalue weighted by Crippen LogP contribution is -2.46. The van der Waals surface area contributed by atoms with Crippen LogP contribution in [-0.2, 0) is 14.3 Å². The summed E-state index contributed by atoms with van der Waals surface area (Å²) in [5.41, 5.74) is 0. The lowest BCUT2D eigenvalue weighted by molar-refractivity contribution is -0.0340. The van der Waals surface area contributed by atoms with E-state index in [-0.39, 0.29) is 0 Å². The number of rotatable bonds is 13. The first-order chi connectivity index (χ1) is 11.5. The summed E-state index contributed by atoms with van der Waals surface area (Å²) in [5, 5.41) is 0. The largest absolute Gasteiger partial charge is 0.270 e. The van der Waals surface area contributed by atoms with E-state index in [0.29, 0.717) is 0 Å². The second-order valence-corrected chi connectivity index (χ2v) is 6.71. The maximum Gasteiger partial charge on any atom is 0.270 e. The smallest absolute Gasteiger partial charge is 0.266 e. The quantitative estimate of drug-likeness (QED) is 0.268. The lowest BCUT2D eigenvalue weighted by atomic mass is 9.99. The summed E-state index contributed by atoms with van der Waals surface area (Å²) in [5.74, 6) is -1.71. The van der Waals surface area contributed by atoms with E-state index in [1.165, 1.54) is 0 Å². The molecular weight excluding hydrogens is 388 g/mol. The van der Waals surface area contributed by atoms with Gasteiger partial charge in [-0.05, 0) is 0 Å². The van der Waals surface area contributed by atoms with Crippen molar-refractivity contribution in [3.63, 3.8) is 0 Å². The van der Waals surface area contributed by atoms with Gasteiger partial charge in [-0.2, -0.15) is 8.42 Å². The molecule has 0 aliphatic rings. The number of hydrogen-bond donors (Lipinski definition) is 0. The topological polar surface area (TPSA) is 43.4 Å². The van der Waals surface area contributed by atoms with Crippen molar-refractivity contribution in [1.82, 2.24) is 0 Å². The zero-order chi connectivity index (χ0) is 19.8. The van der Waals surface area contributed by atoms with Gasteiger partial charge in [-0.1, -0.05) is 6.08 Å². The van der Waals surface area contributed by atoms with E-state index in [0.717, 1.165) is 6.08 Å². The SMILES string of the molecule is C=CCOS(=O)(=O)CC(F)C(F)C(F)C(F)C(F)C(F)C(F)CCF. The monoisotopic (exact) mass is 406 g/mol. The van der Waals surface area contributed by atoms with Crippen LogP contribution in [0.15, 0.2) is 12.7 Å². The fourth-order valence-corrected chi connectivity index (χ4v) is 2.65. The van der Waals surface area contributed by atoms with Crippen LogP contribution in [0.5, 0.6) is 0 Å². The number of hydrogen-bond acceptors (Lipinski definition) is 3. The summed E-state index contributed by atoms with van der Waals surface area (Å²) in [6, 6.07) is 0. The number of halogens is 8. The van der Waals surface area contributed by atoms with E-state index in [1.807, 2.05) is 0 Å². The van der Waals surface area contributed by atoms with Gasteiger partial charge in [0.15, 0.2) is 37.0 Å². The van der Waals surface area contributed by atoms with E-state index < -0.39 is 78.8 Å². The van der Waals surface area contributed by atoms with Crippen LogP contribution in [0.1, 0.15) is 6.42 Å². The molecule has 0 saturated carbocycles. The van der Waals surface area contributed by atoms with Crippen LogP contribution in [0.2, 0.25) is 0 Å². The van der Waals surface area contributed by atoms with Crippen LogP contribution in [0.4, 0.5) is 35.1 Å². The molecule has 0 radical (unpaired) electrons. The Kier molecular flexibility index (Phi) is 10.5. The van der Waals surface area contributed by atoms with Gasteiger partial charge in [0.1, 0.15) is 11.9 Å². The first-order valence-corrected chi connectivity index (χ1v) is 8.58. The molecule has 150 valence electrons. The van der Waals surface area contributed by atoms with Gasteiger partial charge >= 0.3 is 0 Å². The molecule has 0 aromatic carbocycles. The minimum Gasteiger partial charge on any atom is -0.266 e. The molecule has 0 spiro atoms. The average Bonchev–Trinajstić information content (AvgIpc) is 2.56. The van der Waals surface area contributed by atoms with Crippen molar-refractivity contribution in [2.45, 2.75) is 49.6 Å². The van der Waals surface area contributed by atoms with Crippen molar-refractivity contribution < 1.29 is 47.7 Å². The highest BCUT2D eigenvalue weighted by Gasteiger charge is 2.46. The molecule has 0 heterocycles. The molecule has 0 aromatic heterocycles. The van der Waals surface area contributed by atoms with Crippen molar-refractivity contribution >= 4 is 10.1 Å². The second-order valence-electron chi connectivity index (χ2n) is 5.03. The van der Waals surface area contributed by atoms with Crippen LogP contribution < -0.4 is 0 Å². The predicted molar refractivity (Wildman–Crippen MR) is 74.8 cm³/mol. The zero-order valence-electron chi connectivity index (χ0n) is 12.8. The molecule has 0 aliphatic carbocycles. The Hall–Kier alpha value is -0.910. The van der Waals surface area contributed by atoms with E-state index in [1.54, 1.807) is 0 Å². The van der Waals surface area contributed by atoms with Crippen molar-refractivity contribution in [1.29, 1.82) is 0 Å². The van der Waals surface area contributed by atoms with Gasteiger partial charge < -0.3 is 0 Å². The molecule has 25 heavy (non-hydrogen) atoms. The summed E-state index contributed by atoms with van der Waals surface area (Å²) < 4.78 is 132. The summed E-state index contributed by atoms with van der Waals surface area (Å²) >= 11 is 0. The Morgan fingerprint density at radius 2 is 1.28 bits per heavy atom. The van der Waals surface area contributed by atoms with Crippen LogP contribution in [0, 0.1) is 0 Å². The Balaban J connectivity index is 4.84. The predicted octanol–water partition coefficient (Wildman–Crippen LogP) is 3.25. The molecule has 0 saturated heterocycles. The minimum absolute atomic E-state index is 0.584. The lowest BCUT2D eigenvalue weighted by Gasteiger charge is -2.25. The molecular formula is C13H18F8O3S. The molecule has 7 atom stereocenters. The Morgan fingerprint density at radius 3 is 1.72 bits per heavy atom. The van der Waals surface area contributed by atoms with Crippen molar-refractivity contribution in [2.24, 2.45) is 0 Å². The van der Waals surface area contributed by atoms with Gasteiger partial charge in [0.05, 0.1) is 13.3 Å². The highest BCUT2D eigenvalue weighted by molar-refractivity contribution is 7.86. The van der Waals surface area contributed by atoms with Gasteiger partial charge in [-0.25, -0.2) is 30.7 Å². The van der Waals surface area contributed by atoms with Crippen LogP contribution in [0.3, 0.4) is 0 Å². The van der Waals surface area contributed by atoms with Crippen LogP contribution in [-0.4, -0.2) is 70.7 Å². The number of alkyl halides is 8. The minimum atomic E-state index is -4.65. The highest BCUT2D eigenvalue weighted by Crippen LogP contribution is 2.27. The fraction of sp³-hybridized carbons (Fsp3) is 0.846. The first kappa shape index (κ1) is 24.1. The van der Waals surface area contributed by atoms with Crippen LogP contribution in [0.25, 0.3) is 0 Å². The van der Waals surface area contributed by atoms with Gasteiger partial charge in [-0.3, -0.25) is 8.57 Å². The van der Waals surface area contributed by atoms with Crippen molar-refractivity contribution in [3.05, 3.63) is 12.7 Å². The summed E-state index contributed by atoms with van der Waals surface area (Å²) in [6.07, 6.45) is -23.7. The van der Waals surface area contributed by atoms with Crippen molar-refractivity contribution in [3.8, 4) is 0 Å². The molecule has 0 rings (SSSR count). The fourth-order valence-electron chi connectivity index (χ4n) is 1.68. The maximum absolute atomic E-state index is 13.5. The van der Waals surface area contributed by atoms with Crippen LogP contribution >= 0.6 is 0 Å². The van der Waals surface area contributed by atoms with E-state index in [9.17, 15) is 43.5 Å². The van der Waals surface area contributed by atoms with Gasteiger partial charge in [-0.15, -0.1) is 6.58 Å². The molecule has 0 bridgehead atoms. The Labute approximate surface area is 140 Å². The Bertz CT molecular complexity index is 492. The molecule has 7 unspecified atom stereocenters. The standard InChI is InChI=1S/C13H18F8O3S/c1-2-5-24-25(22,23)6-8(16)10(18)12(20)13(21)11(19)9(17)7(15)3-4-14/h2,7-13H,1,3-6H2. The maximum atomic E-state index is 13.5. The molecule has 0 aromatic rings.